The summed E-state index contributed by atoms with van der Waals surface area (Å²) in [5.41, 5.74) is 5.43. The Hall–Kier alpha value is -3.19. The van der Waals surface area contributed by atoms with Crippen molar-refractivity contribution in [3.05, 3.63) is 0 Å². The van der Waals surface area contributed by atoms with Gasteiger partial charge in [-0.25, -0.2) is 9.59 Å². The Balaban J connectivity index is 4.71. The summed E-state index contributed by atoms with van der Waals surface area (Å²) in [7, 11) is 3.06. The van der Waals surface area contributed by atoms with Crippen molar-refractivity contribution >= 4 is 35.7 Å². The quantitative estimate of drug-likeness (QED) is 0.192. The Morgan fingerprint density at radius 2 is 1.66 bits per heavy atom. The summed E-state index contributed by atoms with van der Waals surface area (Å²) < 4.78 is 40.3. The molecule has 0 saturated carbocycles. The first-order valence-electron chi connectivity index (χ1n) is 8.17. The topological polar surface area (TPSA) is 167 Å². The molecule has 164 valence electrons. The zero-order chi connectivity index (χ0) is 22.9. The van der Waals surface area contributed by atoms with Crippen molar-refractivity contribution in [2.24, 2.45) is 16.6 Å². The maximum absolute atomic E-state index is 12.2. The van der Waals surface area contributed by atoms with E-state index in [-0.39, 0.29) is 11.9 Å². The van der Waals surface area contributed by atoms with Gasteiger partial charge in [0.2, 0.25) is 23.7 Å². The van der Waals surface area contributed by atoms with Crippen molar-refractivity contribution in [1.29, 1.82) is 5.41 Å². The van der Waals surface area contributed by atoms with Crippen LogP contribution in [0.4, 0.5) is 13.2 Å². The van der Waals surface area contributed by atoms with Crippen molar-refractivity contribution in [3.8, 4) is 0 Å². The van der Waals surface area contributed by atoms with Crippen LogP contribution in [0.1, 0.15) is 26.7 Å². The monoisotopic (exact) mass is 424 g/mol. The van der Waals surface area contributed by atoms with E-state index in [1.165, 1.54) is 32.8 Å². The molecular weight excluding hydrogens is 401 g/mol. The minimum absolute atomic E-state index is 0.229. The van der Waals surface area contributed by atoms with Crippen molar-refractivity contribution in [2.75, 3.05) is 14.1 Å². The Kier molecular flexibility index (Phi) is 9.76. The first kappa shape index (κ1) is 25.8. The van der Waals surface area contributed by atoms with Gasteiger partial charge >= 0.3 is 18.1 Å². The Morgan fingerprint density at radius 1 is 1.14 bits per heavy atom. The van der Waals surface area contributed by atoms with Crippen LogP contribution in [0.2, 0.25) is 0 Å². The van der Waals surface area contributed by atoms with E-state index < -0.39 is 54.7 Å². The lowest BCUT2D eigenvalue weighted by Crippen LogP contribution is -2.47. The number of amides is 2. The van der Waals surface area contributed by atoms with Gasteiger partial charge in [-0.05, 0) is 5.92 Å². The molecular formula is C15H23F3N6O5. The minimum atomic E-state index is -5.36. The van der Waals surface area contributed by atoms with Crippen LogP contribution in [-0.2, 0) is 23.9 Å². The number of guanidine groups is 2. The molecule has 0 bridgehead atoms. The third kappa shape index (κ3) is 10.1. The number of rotatable bonds is 6. The van der Waals surface area contributed by atoms with Crippen LogP contribution < -0.4 is 16.4 Å². The van der Waals surface area contributed by atoms with Gasteiger partial charge in [0.05, 0.1) is 0 Å². The maximum atomic E-state index is 12.2. The highest BCUT2D eigenvalue weighted by Gasteiger charge is 2.43. The second-order valence-electron chi connectivity index (χ2n) is 6.26. The number of nitrogens with one attached hydrogen (secondary N) is 3. The van der Waals surface area contributed by atoms with Gasteiger partial charge in [0.15, 0.2) is 0 Å². The molecule has 1 atom stereocenters. The highest BCUT2D eigenvalue weighted by atomic mass is 19.4. The summed E-state index contributed by atoms with van der Waals surface area (Å²) in [4.78, 5) is 51.0. The summed E-state index contributed by atoms with van der Waals surface area (Å²) in [6.45, 7) is 2.82. The largest absolute Gasteiger partial charge is 0.491 e. The predicted molar refractivity (Wildman–Crippen MR) is 94.3 cm³/mol. The van der Waals surface area contributed by atoms with Gasteiger partial charge in [0, 0.05) is 26.9 Å². The molecule has 29 heavy (non-hydrogen) atoms. The number of esters is 2. The Labute approximate surface area is 164 Å². The molecule has 0 aliphatic rings. The summed E-state index contributed by atoms with van der Waals surface area (Å²) in [5, 5.41) is 11.7. The van der Waals surface area contributed by atoms with E-state index in [1.807, 2.05) is 0 Å². The summed E-state index contributed by atoms with van der Waals surface area (Å²) in [6, 6.07) is -1.52. The molecule has 0 radical (unpaired) electrons. The SMILES string of the molecule is CC(C)C(NC(=O)CCC(=O)NC(N)=NC(=N)N(C)C)C(=O)OC(=O)C(F)(F)F. The maximum Gasteiger partial charge on any atom is 0.491 e. The number of ether oxygens (including phenoxy) is 1. The predicted octanol–water partition coefficient (Wildman–Crippen LogP) is -0.533. The van der Waals surface area contributed by atoms with Crippen molar-refractivity contribution in [2.45, 2.75) is 38.9 Å². The van der Waals surface area contributed by atoms with Gasteiger partial charge in [-0.3, -0.25) is 20.3 Å². The van der Waals surface area contributed by atoms with Crippen molar-refractivity contribution in [3.63, 3.8) is 0 Å². The van der Waals surface area contributed by atoms with Crippen LogP contribution in [0.25, 0.3) is 0 Å². The zero-order valence-electron chi connectivity index (χ0n) is 16.2. The fourth-order valence-electron chi connectivity index (χ4n) is 1.63. The fourth-order valence-corrected chi connectivity index (χ4v) is 1.63. The van der Waals surface area contributed by atoms with Crippen LogP contribution >= 0.6 is 0 Å². The molecule has 0 fully saturated rings. The molecule has 0 heterocycles. The third-order valence-corrected chi connectivity index (χ3v) is 3.16. The molecule has 0 aliphatic heterocycles. The number of alkyl halides is 3. The van der Waals surface area contributed by atoms with Gasteiger partial charge in [-0.1, -0.05) is 13.8 Å². The van der Waals surface area contributed by atoms with Crippen LogP contribution in [0.5, 0.6) is 0 Å². The third-order valence-electron chi connectivity index (χ3n) is 3.16. The lowest BCUT2D eigenvalue weighted by Gasteiger charge is -2.20. The van der Waals surface area contributed by atoms with Gasteiger partial charge in [0.1, 0.15) is 6.04 Å². The number of carbonyl (C=O) groups is 4. The molecule has 11 nitrogen and oxygen atoms in total. The summed E-state index contributed by atoms with van der Waals surface area (Å²) >= 11 is 0. The number of aliphatic imine (C=N–C) groups is 1. The standard InChI is InChI=1S/C15H23F3N6O5/c1-7(2)10(11(27)29-12(28)15(16,17)18)21-8(25)5-6-9(26)22-13(19)23-14(20)24(3)4/h7,10H,5-6H2,1-4H3,(H,21,25)(H4,19,20,22,23,26). The van der Waals surface area contributed by atoms with E-state index in [4.69, 9.17) is 11.1 Å². The molecule has 0 rings (SSSR count). The zero-order valence-corrected chi connectivity index (χ0v) is 16.2. The normalized spacial score (nSPS) is 12.8. The van der Waals surface area contributed by atoms with E-state index in [0.717, 1.165) is 0 Å². The summed E-state index contributed by atoms with van der Waals surface area (Å²) in [6.07, 6.45) is -6.18. The molecule has 0 spiro atoms. The molecule has 0 aromatic heterocycles. The molecule has 14 heteroatoms. The highest BCUT2D eigenvalue weighted by Crippen LogP contribution is 2.17. The van der Waals surface area contributed by atoms with E-state index in [2.05, 4.69) is 20.4 Å². The van der Waals surface area contributed by atoms with Gasteiger partial charge in [-0.2, -0.15) is 18.2 Å². The van der Waals surface area contributed by atoms with E-state index >= 15 is 0 Å². The van der Waals surface area contributed by atoms with Crippen LogP contribution in [0, 0.1) is 11.3 Å². The van der Waals surface area contributed by atoms with Gasteiger partial charge < -0.3 is 20.7 Å². The molecule has 0 saturated heterocycles. The average Bonchev–Trinajstić information content (AvgIpc) is 2.56. The fraction of sp³-hybridized carbons (Fsp3) is 0.600. The Bertz CT molecular complexity index is 690. The molecule has 0 aromatic carbocycles. The molecule has 5 N–H and O–H groups in total. The number of hydrogen-bond donors (Lipinski definition) is 4. The minimum Gasteiger partial charge on any atom is -0.385 e. The van der Waals surface area contributed by atoms with E-state index in [9.17, 15) is 32.3 Å². The molecule has 2 amide bonds. The number of nitrogens with zero attached hydrogens (tertiary/aromatic N) is 2. The first-order valence-corrected chi connectivity index (χ1v) is 8.17. The highest BCUT2D eigenvalue weighted by molar-refractivity contribution is 6.02. The summed E-state index contributed by atoms with van der Waals surface area (Å²) in [5.74, 6) is -7.12. The first-order chi connectivity index (χ1) is 13.1. The van der Waals surface area contributed by atoms with Crippen LogP contribution in [0.3, 0.4) is 0 Å². The second-order valence-corrected chi connectivity index (χ2v) is 6.26. The number of nitrogens with two attached hydrogens (primary N) is 1. The molecule has 0 aromatic rings. The average molecular weight is 424 g/mol. The van der Waals surface area contributed by atoms with Crippen LogP contribution in [0.15, 0.2) is 4.99 Å². The molecule has 0 aliphatic carbocycles. The number of hydrogen-bond acceptors (Lipinski definition) is 6. The van der Waals surface area contributed by atoms with Crippen LogP contribution in [-0.4, -0.2) is 66.9 Å². The van der Waals surface area contributed by atoms with Crippen molar-refractivity contribution in [1.82, 2.24) is 15.5 Å². The number of halogens is 3. The van der Waals surface area contributed by atoms with E-state index in [1.54, 1.807) is 0 Å². The Morgan fingerprint density at radius 3 is 2.10 bits per heavy atom. The van der Waals surface area contributed by atoms with Gasteiger partial charge in [-0.15, -0.1) is 0 Å². The van der Waals surface area contributed by atoms with E-state index in [0.29, 0.717) is 0 Å². The second kappa shape index (κ2) is 11.0. The number of carbonyl (C=O) groups excluding carboxylic acids is 4. The lowest BCUT2D eigenvalue weighted by molar-refractivity contribution is -0.202. The molecule has 1 unspecified atom stereocenters. The van der Waals surface area contributed by atoms with Gasteiger partial charge in [0.25, 0.3) is 0 Å². The smallest absolute Gasteiger partial charge is 0.385 e. The lowest BCUT2D eigenvalue weighted by atomic mass is 10.0. The van der Waals surface area contributed by atoms with Crippen molar-refractivity contribution < 1.29 is 37.1 Å².